The Morgan fingerprint density at radius 3 is 3.00 bits per heavy atom. The predicted molar refractivity (Wildman–Crippen MR) is 77.1 cm³/mol. The summed E-state index contributed by atoms with van der Waals surface area (Å²) >= 11 is 3.32. The molecular formula is C13H17BrN2O2. The number of benzene rings is 1. The summed E-state index contributed by atoms with van der Waals surface area (Å²) in [7, 11) is 1.64. The van der Waals surface area contributed by atoms with Gasteiger partial charge in [0.25, 0.3) is 0 Å². The van der Waals surface area contributed by atoms with E-state index in [1.165, 1.54) is 6.08 Å². The molecule has 0 atom stereocenters. The zero-order chi connectivity index (χ0) is 13.4. The summed E-state index contributed by atoms with van der Waals surface area (Å²) in [5, 5.41) is 2.77. The Hall–Kier alpha value is -1.33. The maximum absolute atomic E-state index is 11.5. The Morgan fingerprint density at radius 2 is 2.33 bits per heavy atom. The number of ether oxygens (including phenoxy) is 1. The molecule has 0 radical (unpaired) electrons. The monoisotopic (exact) mass is 312 g/mol. The van der Waals surface area contributed by atoms with E-state index >= 15 is 0 Å². The lowest BCUT2D eigenvalue weighted by atomic mass is 10.2. The van der Waals surface area contributed by atoms with E-state index < -0.39 is 0 Å². The highest BCUT2D eigenvalue weighted by molar-refractivity contribution is 9.10. The molecular weight excluding hydrogens is 296 g/mol. The van der Waals surface area contributed by atoms with Crippen molar-refractivity contribution in [3.05, 3.63) is 34.3 Å². The van der Waals surface area contributed by atoms with Crippen LogP contribution in [0.2, 0.25) is 0 Å². The van der Waals surface area contributed by atoms with Gasteiger partial charge in [-0.05, 0) is 46.1 Å². The fraction of sp³-hybridized carbons (Fsp3) is 0.308. The van der Waals surface area contributed by atoms with Crippen molar-refractivity contribution in [3.8, 4) is 0 Å². The van der Waals surface area contributed by atoms with Crippen LogP contribution < -0.4 is 11.1 Å². The molecule has 0 saturated heterocycles. The van der Waals surface area contributed by atoms with Gasteiger partial charge in [0.15, 0.2) is 0 Å². The second-order valence-corrected chi connectivity index (χ2v) is 4.61. The summed E-state index contributed by atoms with van der Waals surface area (Å²) in [4.78, 5) is 11.5. The molecule has 0 unspecified atom stereocenters. The topological polar surface area (TPSA) is 64.3 Å². The molecule has 0 heterocycles. The van der Waals surface area contributed by atoms with E-state index in [9.17, 15) is 4.79 Å². The number of nitrogens with two attached hydrogens (primary N) is 1. The van der Waals surface area contributed by atoms with E-state index in [-0.39, 0.29) is 5.91 Å². The van der Waals surface area contributed by atoms with Crippen molar-refractivity contribution in [2.75, 3.05) is 26.0 Å². The fourth-order valence-electron chi connectivity index (χ4n) is 1.32. The zero-order valence-electron chi connectivity index (χ0n) is 10.3. The zero-order valence-corrected chi connectivity index (χ0v) is 11.9. The van der Waals surface area contributed by atoms with Gasteiger partial charge in [0, 0.05) is 36.5 Å². The van der Waals surface area contributed by atoms with E-state index in [0.717, 1.165) is 16.5 Å². The first-order valence-corrected chi connectivity index (χ1v) is 6.42. The van der Waals surface area contributed by atoms with Crippen LogP contribution in [-0.4, -0.2) is 26.2 Å². The van der Waals surface area contributed by atoms with E-state index in [1.54, 1.807) is 19.3 Å². The molecule has 1 amide bonds. The van der Waals surface area contributed by atoms with Gasteiger partial charge < -0.3 is 15.8 Å². The molecule has 0 bridgehead atoms. The van der Waals surface area contributed by atoms with E-state index in [4.69, 9.17) is 10.5 Å². The lowest BCUT2D eigenvalue weighted by molar-refractivity contribution is -0.116. The molecule has 0 spiro atoms. The Bertz CT molecular complexity index is 433. The molecule has 1 aromatic rings. The summed E-state index contributed by atoms with van der Waals surface area (Å²) in [6.07, 6.45) is 4.03. The van der Waals surface area contributed by atoms with Crippen LogP contribution in [-0.2, 0) is 9.53 Å². The van der Waals surface area contributed by atoms with Crippen LogP contribution in [0.5, 0.6) is 0 Å². The number of halogens is 1. The molecule has 3 N–H and O–H groups in total. The molecule has 0 aliphatic carbocycles. The molecule has 5 heteroatoms. The molecule has 98 valence electrons. The Morgan fingerprint density at radius 1 is 1.56 bits per heavy atom. The van der Waals surface area contributed by atoms with Gasteiger partial charge in [-0.15, -0.1) is 0 Å². The standard InChI is InChI=1S/C13H17BrN2O2/c1-18-8-2-7-16-13(17)6-4-10-3-5-11(14)12(15)9-10/h3-6,9H,2,7-8,15H2,1H3,(H,16,17)/b6-4+. The van der Waals surface area contributed by atoms with Crippen LogP contribution in [0.3, 0.4) is 0 Å². The maximum Gasteiger partial charge on any atom is 0.244 e. The first-order valence-electron chi connectivity index (χ1n) is 5.63. The number of carbonyl (C=O) groups excluding carboxylic acids is 1. The lowest BCUT2D eigenvalue weighted by Crippen LogP contribution is -2.22. The number of anilines is 1. The third-order valence-corrected chi connectivity index (χ3v) is 2.99. The highest BCUT2D eigenvalue weighted by atomic mass is 79.9. The van der Waals surface area contributed by atoms with Crippen molar-refractivity contribution in [2.45, 2.75) is 6.42 Å². The SMILES string of the molecule is COCCCNC(=O)/C=C/c1ccc(Br)c(N)c1. The molecule has 18 heavy (non-hydrogen) atoms. The number of hydrogen-bond donors (Lipinski definition) is 2. The lowest BCUT2D eigenvalue weighted by Gasteiger charge is -2.01. The summed E-state index contributed by atoms with van der Waals surface area (Å²) in [5.74, 6) is -0.118. The van der Waals surface area contributed by atoms with Gasteiger partial charge in [-0.2, -0.15) is 0 Å². The Labute approximate surface area is 115 Å². The van der Waals surface area contributed by atoms with Gasteiger partial charge >= 0.3 is 0 Å². The van der Waals surface area contributed by atoms with Crippen LogP contribution in [0.25, 0.3) is 6.08 Å². The number of hydrogen-bond acceptors (Lipinski definition) is 3. The number of nitrogen functional groups attached to an aromatic ring is 1. The summed E-state index contributed by atoms with van der Waals surface area (Å²) < 4.78 is 5.74. The highest BCUT2D eigenvalue weighted by Gasteiger charge is 1.97. The molecule has 0 aliphatic heterocycles. The smallest absolute Gasteiger partial charge is 0.244 e. The van der Waals surface area contributed by atoms with Crippen LogP contribution in [0.15, 0.2) is 28.7 Å². The number of methoxy groups -OCH3 is 1. The van der Waals surface area contributed by atoms with Crippen LogP contribution in [0.4, 0.5) is 5.69 Å². The van der Waals surface area contributed by atoms with E-state index in [2.05, 4.69) is 21.2 Å². The van der Waals surface area contributed by atoms with Crippen molar-refractivity contribution in [1.82, 2.24) is 5.32 Å². The molecule has 1 rings (SSSR count). The Kier molecular flexibility index (Phi) is 6.46. The minimum atomic E-state index is -0.118. The second kappa shape index (κ2) is 7.89. The fourth-order valence-corrected chi connectivity index (χ4v) is 1.57. The van der Waals surface area contributed by atoms with Crippen molar-refractivity contribution in [2.24, 2.45) is 0 Å². The van der Waals surface area contributed by atoms with E-state index in [1.807, 2.05) is 12.1 Å². The average Bonchev–Trinajstić information content (AvgIpc) is 2.36. The van der Waals surface area contributed by atoms with Gasteiger partial charge in [-0.3, -0.25) is 4.79 Å². The number of carbonyl (C=O) groups is 1. The summed E-state index contributed by atoms with van der Waals surface area (Å²) in [6, 6.07) is 5.54. The van der Waals surface area contributed by atoms with Crippen LogP contribution in [0, 0.1) is 0 Å². The predicted octanol–water partition coefficient (Wildman–Crippen LogP) is 2.20. The quantitative estimate of drug-likeness (QED) is 0.481. The van der Waals surface area contributed by atoms with Crippen LogP contribution >= 0.6 is 15.9 Å². The van der Waals surface area contributed by atoms with Gasteiger partial charge in [0.2, 0.25) is 5.91 Å². The first-order chi connectivity index (χ1) is 8.63. The van der Waals surface area contributed by atoms with Crippen molar-refractivity contribution >= 4 is 33.6 Å². The first kappa shape index (κ1) is 14.7. The largest absolute Gasteiger partial charge is 0.398 e. The van der Waals surface area contributed by atoms with Gasteiger partial charge in [0.1, 0.15) is 0 Å². The van der Waals surface area contributed by atoms with Crippen molar-refractivity contribution in [1.29, 1.82) is 0 Å². The minimum Gasteiger partial charge on any atom is -0.398 e. The van der Waals surface area contributed by atoms with Crippen molar-refractivity contribution < 1.29 is 9.53 Å². The maximum atomic E-state index is 11.5. The van der Waals surface area contributed by atoms with Crippen molar-refractivity contribution in [3.63, 3.8) is 0 Å². The van der Waals surface area contributed by atoms with Gasteiger partial charge in [0.05, 0.1) is 0 Å². The van der Waals surface area contributed by atoms with E-state index in [0.29, 0.717) is 18.8 Å². The van der Waals surface area contributed by atoms with Gasteiger partial charge in [-0.25, -0.2) is 0 Å². The molecule has 1 aromatic carbocycles. The third kappa shape index (κ3) is 5.33. The van der Waals surface area contributed by atoms with Crippen LogP contribution in [0.1, 0.15) is 12.0 Å². The Balaban J connectivity index is 2.43. The summed E-state index contributed by atoms with van der Waals surface area (Å²) in [6.45, 7) is 1.26. The number of amides is 1. The second-order valence-electron chi connectivity index (χ2n) is 3.75. The normalized spacial score (nSPS) is 10.8. The van der Waals surface area contributed by atoms with Gasteiger partial charge in [-0.1, -0.05) is 6.07 Å². The number of nitrogens with one attached hydrogen (secondary N) is 1. The molecule has 4 nitrogen and oxygen atoms in total. The molecule has 0 aliphatic rings. The third-order valence-electron chi connectivity index (χ3n) is 2.27. The number of rotatable bonds is 6. The summed E-state index contributed by atoms with van der Waals surface area (Å²) in [5.41, 5.74) is 7.29. The highest BCUT2D eigenvalue weighted by Crippen LogP contribution is 2.20. The molecule has 0 aromatic heterocycles. The molecule has 0 fully saturated rings. The average molecular weight is 313 g/mol. The minimum absolute atomic E-state index is 0.118. The molecule has 0 saturated carbocycles.